The number of fused-ring (bicyclic) bond motifs is 1. The number of hydrogen-bond acceptors (Lipinski definition) is 2. The highest BCUT2D eigenvalue weighted by Crippen LogP contribution is 2.23. The number of aromatic nitrogens is 1. The first-order valence-electron chi connectivity index (χ1n) is 8.62. The molecule has 0 unspecified atom stereocenters. The largest absolute Gasteiger partial charge is 0.361 e. The van der Waals surface area contributed by atoms with E-state index in [1.807, 2.05) is 18.2 Å². The van der Waals surface area contributed by atoms with E-state index < -0.39 is 0 Å². The molecule has 3 nitrogen and oxygen atoms in total. The van der Waals surface area contributed by atoms with E-state index in [1.54, 1.807) is 12.1 Å². The third-order valence-corrected chi connectivity index (χ3v) is 5.12. The maximum Gasteiger partial charge on any atom is 0.123 e. The minimum Gasteiger partial charge on any atom is -0.361 e. The number of aromatic amines is 1. The van der Waals surface area contributed by atoms with Gasteiger partial charge in [-0.2, -0.15) is 0 Å². The van der Waals surface area contributed by atoms with Gasteiger partial charge >= 0.3 is 0 Å². The van der Waals surface area contributed by atoms with Crippen molar-refractivity contribution in [3.63, 3.8) is 0 Å². The Labute approximate surface area is 152 Å². The summed E-state index contributed by atoms with van der Waals surface area (Å²) in [6.45, 7) is 5.81. The molecule has 1 saturated heterocycles. The Morgan fingerprint density at radius 3 is 2.48 bits per heavy atom. The molecule has 1 aliphatic heterocycles. The molecule has 1 fully saturated rings. The number of nitrogens with one attached hydrogen (secondary N) is 1. The molecule has 1 N–H and O–H groups in total. The second-order valence-electron chi connectivity index (χ2n) is 6.69. The number of rotatable bonds is 4. The SMILES string of the molecule is Fc1cccc(CN2CCN(Cc3c[nH]c4cc(Cl)ccc34)CC2)c1. The quantitative estimate of drug-likeness (QED) is 0.753. The summed E-state index contributed by atoms with van der Waals surface area (Å²) in [6.07, 6.45) is 2.08. The predicted molar refractivity (Wildman–Crippen MR) is 100 cm³/mol. The maximum atomic E-state index is 13.3. The van der Waals surface area contributed by atoms with Crippen LogP contribution >= 0.6 is 11.6 Å². The number of hydrogen-bond donors (Lipinski definition) is 1. The van der Waals surface area contributed by atoms with Crippen LogP contribution < -0.4 is 0 Å². The summed E-state index contributed by atoms with van der Waals surface area (Å²) in [4.78, 5) is 8.17. The van der Waals surface area contributed by atoms with Gasteiger partial charge < -0.3 is 4.98 Å². The monoisotopic (exact) mass is 357 g/mol. The lowest BCUT2D eigenvalue weighted by Gasteiger charge is -2.34. The normalized spacial score (nSPS) is 16.6. The van der Waals surface area contributed by atoms with Gasteiger partial charge in [0, 0.05) is 61.4 Å². The van der Waals surface area contributed by atoms with Gasteiger partial charge in [0.1, 0.15) is 5.82 Å². The summed E-state index contributed by atoms with van der Waals surface area (Å²) >= 11 is 6.05. The van der Waals surface area contributed by atoms with E-state index in [-0.39, 0.29) is 5.82 Å². The van der Waals surface area contributed by atoms with Gasteiger partial charge in [-0.3, -0.25) is 9.80 Å². The second kappa shape index (κ2) is 7.16. The van der Waals surface area contributed by atoms with Gasteiger partial charge in [-0.25, -0.2) is 4.39 Å². The van der Waals surface area contributed by atoms with Crippen molar-refractivity contribution in [2.75, 3.05) is 26.2 Å². The third kappa shape index (κ3) is 3.87. The van der Waals surface area contributed by atoms with Gasteiger partial charge in [0.15, 0.2) is 0 Å². The highest BCUT2D eigenvalue weighted by molar-refractivity contribution is 6.31. The van der Waals surface area contributed by atoms with E-state index in [0.29, 0.717) is 0 Å². The molecule has 25 heavy (non-hydrogen) atoms. The minimum atomic E-state index is -0.157. The van der Waals surface area contributed by atoms with Crippen molar-refractivity contribution in [1.29, 1.82) is 0 Å². The summed E-state index contributed by atoms with van der Waals surface area (Å²) in [5, 5.41) is 2.00. The molecule has 2 aromatic carbocycles. The second-order valence-corrected chi connectivity index (χ2v) is 7.12. The fourth-order valence-corrected chi connectivity index (χ4v) is 3.70. The molecule has 2 heterocycles. The van der Waals surface area contributed by atoms with Crippen LogP contribution in [0, 0.1) is 5.82 Å². The van der Waals surface area contributed by atoms with Crippen LogP contribution in [-0.4, -0.2) is 41.0 Å². The van der Waals surface area contributed by atoms with Crippen LogP contribution in [0.2, 0.25) is 5.02 Å². The van der Waals surface area contributed by atoms with Crippen LogP contribution in [0.25, 0.3) is 10.9 Å². The Balaban J connectivity index is 1.35. The fourth-order valence-electron chi connectivity index (χ4n) is 3.53. The van der Waals surface area contributed by atoms with E-state index in [1.165, 1.54) is 17.0 Å². The van der Waals surface area contributed by atoms with Gasteiger partial charge in [-0.1, -0.05) is 29.8 Å². The average Bonchev–Trinajstić information content (AvgIpc) is 2.98. The molecule has 3 aromatic rings. The zero-order chi connectivity index (χ0) is 17.2. The van der Waals surface area contributed by atoms with Crippen molar-refractivity contribution in [2.24, 2.45) is 0 Å². The Kier molecular flexibility index (Phi) is 4.75. The summed E-state index contributed by atoms with van der Waals surface area (Å²) in [6, 6.07) is 12.9. The van der Waals surface area contributed by atoms with Crippen LogP contribution in [-0.2, 0) is 13.1 Å². The van der Waals surface area contributed by atoms with E-state index >= 15 is 0 Å². The molecule has 130 valence electrons. The molecule has 1 aromatic heterocycles. The highest BCUT2D eigenvalue weighted by atomic mass is 35.5. The molecule has 0 atom stereocenters. The first-order valence-corrected chi connectivity index (χ1v) is 9.00. The van der Waals surface area contributed by atoms with Crippen LogP contribution in [0.3, 0.4) is 0 Å². The van der Waals surface area contributed by atoms with Crippen molar-refractivity contribution in [3.05, 3.63) is 70.6 Å². The van der Waals surface area contributed by atoms with Crippen LogP contribution in [0.1, 0.15) is 11.1 Å². The first-order chi connectivity index (χ1) is 12.2. The minimum absolute atomic E-state index is 0.157. The molecule has 0 bridgehead atoms. The van der Waals surface area contributed by atoms with Crippen LogP contribution in [0.5, 0.6) is 0 Å². The molecular weight excluding hydrogens is 337 g/mol. The number of benzene rings is 2. The van der Waals surface area contributed by atoms with Crippen molar-refractivity contribution in [2.45, 2.75) is 13.1 Å². The Bertz CT molecular complexity index is 868. The molecule has 0 radical (unpaired) electrons. The molecule has 4 rings (SSSR count). The lowest BCUT2D eigenvalue weighted by molar-refractivity contribution is 0.122. The van der Waals surface area contributed by atoms with Gasteiger partial charge in [-0.05, 0) is 35.4 Å². The predicted octanol–water partition coefficient (Wildman–Crippen LogP) is 4.28. The van der Waals surface area contributed by atoms with Gasteiger partial charge in [0.25, 0.3) is 0 Å². The van der Waals surface area contributed by atoms with Crippen LogP contribution in [0.15, 0.2) is 48.7 Å². The maximum absolute atomic E-state index is 13.3. The Hall–Kier alpha value is -1.88. The van der Waals surface area contributed by atoms with E-state index in [4.69, 9.17) is 11.6 Å². The summed E-state index contributed by atoms with van der Waals surface area (Å²) < 4.78 is 13.3. The number of halogens is 2. The molecular formula is C20H21ClFN3. The third-order valence-electron chi connectivity index (χ3n) is 4.88. The van der Waals surface area contributed by atoms with Gasteiger partial charge in [0.2, 0.25) is 0 Å². The molecule has 0 aliphatic carbocycles. The molecule has 0 spiro atoms. The van der Waals surface area contributed by atoms with E-state index in [0.717, 1.165) is 55.4 Å². The first kappa shape index (κ1) is 16.6. The Morgan fingerprint density at radius 1 is 0.960 bits per heavy atom. The Morgan fingerprint density at radius 2 is 1.72 bits per heavy atom. The van der Waals surface area contributed by atoms with Crippen molar-refractivity contribution in [3.8, 4) is 0 Å². The summed E-state index contributed by atoms with van der Waals surface area (Å²) in [5.74, 6) is -0.157. The zero-order valence-corrected chi connectivity index (χ0v) is 14.8. The highest BCUT2D eigenvalue weighted by Gasteiger charge is 2.18. The molecule has 1 aliphatic rings. The number of nitrogens with zero attached hydrogens (tertiary/aromatic N) is 2. The topological polar surface area (TPSA) is 22.3 Å². The van der Waals surface area contributed by atoms with Gasteiger partial charge in [-0.15, -0.1) is 0 Å². The van der Waals surface area contributed by atoms with E-state index in [2.05, 4.69) is 27.0 Å². The standard InChI is InChI=1S/C20H21ClFN3/c21-17-4-5-19-16(12-23-20(19)11-17)14-25-8-6-24(7-9-25)13-15-2-1-3-18(22)10-15/h1-5,10-12,23H,6-9,13-14H2. The summed E-state index contributed by atoms with van der Waals surface area (Å²) in [5.41, 5.74) is 3.44. The fraction of sp³-hybridized carbons (Fsp3) is 0.300. The molecule has 0 amide bonds. The number of piperazine rings is 1. The summed E-state index contributed by atoms with van der Waals surface area (Å²) in [7, 11) is 0. The van der Waals surface area contributed by atoms with Crippen LogP contribution in [0.4, 0.5) is 4.39 Å². The van der Waals surface area contributed by atoms with Crippen molar-refractivity contribution >= 4 is 22.5 Å². The van der Waals surface area contributed by atoms with Gasteiger partial charge in [0.05, 0.1) is 0 Å². The molecule has 5 heteroatoms. The van der Waals surface area contributed by atoms with Crippen molar-refractivity contribution < 1.29 is 4.39 Å². The lowest BCUT2D eigenvalue weighted by Crippen LogP contribution is -2.45. The van der Waals surface area contributed by atoms with Crippen molar-refractivity contribution in [1.82, 2.24) is 14.8 Å². The number of H-pyrrole nitrogens is 1. The average molecular weight is 358 g/mol. The zero-order valence-electron chi connectivity index (χ0n) is 14.0. The molecule has 0 saturated carbocycles. The smallest absolute Gasteiger partial charge is 0.123 e. The lowest BCUT2D eigenvalue weighted by atomic mass is 10.1. The van der Waals surface area contributed by atoms with E-state index in [9.17, 15) is 4.39 Å².